The Morgan fingerprint density at radius 1 is 1.00 bits per heavy atom. The third kappa shape index (κ3) is 2.36. The number of rotatable bonds is 2. The molecule has 1 fully saturated rings. The van der Waals surface area contributed by atoms with E-state index in [1.165, 1.54) is 12.1 Å². The van der Waals surface area contributed by atoms with Crippen molar-refractivity contribution in [3.8, 4) is 11.3 Å². The molecule has 3 rings (SSSR count). The van der Waals surface area contributed by atoms with Gasteiger partial charge in [-0.05, 0) is 58.9 Å². The molecule has 2 aromatic rings. The maximum absolute atomic E-state index is 13.1. The SMILES string of the molecule is Cc1onc(-c2ccc(F)cc2)c1B1OC(C)(C)C(C)(C)O1. The van der Waals surface area contributed by atoms with Crippen molar-refractivity contribution in [1.82, 2.24) is 5.16 Å². The first kappa shape index (κ1) is 15.2. The van der Waals surface area contributed by atoms with Gasteiger partial charge in [-0.15, -0.1) is 0 Å². The Balaban J connectivity index is 2.03. The fourth-order valence-corrected chi connectivity index (χ4v) is 2.43. The lowest BCUT2D eigenvalue weighted by molar-refractivity contribution is 0.00578. The molecule has 0 atom stereocenters. The summed E-state index contributed by atoms with van der Waals surface area (Å²) >= 11 is 0. The van der Waals surface area contributed by atoms with E-state index in [-0.39, 0.29) is 5.82 Å². The van der Waals surface area contributed by atoms with Crippen molar-refractivity contribution in [2.24, 2.45) is 0 Å². The van der Waals surface area contributed by atoms with Gasteiger partial charge in [0.2, 0.25) is 0 Å². The second kappa shape index (κ2) is 4.93. The number of aryl methyl sites for hydroxylation is 1. The largest absolute Gasteiger partial charge is 0.500 e. The van der Waals surface area contributed by atoms with E-state index in [9.17, 15) is 4.39 Å². The molecule has 0 N–H and O–H groups in total. The fourth-order valence-electron chi connectivity index (χ4n) is 2.43. The highest BCUT2D eigenvalue weighted by molar-refractivity contribution is 6.64. The van der Waals surface area contributed by atoms with Gasteiger partial charge < -0.3 is 13.8 Å². The summed E-state index contributed by atoms with van der Waals surface area (Å²) in [5, 5.41) is 4.10. The molecule has 0 radical (unpaired) electrons. The summed E-state index contributed by atoms with van der Waals surface area (Å²) in [6.07, 6.45) is 0. The smallest absolute Gasteiger partial charge is 0.399 e. The zero-order valence-corrected chi connectivity index (χ0v) is 13.4. The van der Waals surface area contributed by atoms with Crippen LogP contribution in [0, 0.1) is 12.7 Å². The Labute approximate surface area is 129 Å². The summed E-state index contributed by atoms with van der Waals surface area (Å²) in [5.74, 6) is 0.346. The van der Waals surface area contributed by atoms with E-state index in [0.29, 0.717) is 11.5 Å². The summed E-state index contributed by atoms with van der Waals surface area (Å²) in [7, 11) is -0.559. The van der Waals surface area contributed by atoms with Crippen LogP contribution in [0.25, 0.3) is 11.3 Å². The average Bonchev–Trinajstić information content (AvgIpc) is 2.88. The number of halogens is 1. The number of nitrogens with zero attached hydrogens (tertiary/aromatic N) is 1. The maximum atomic E-state index is 13.1. The van der Waals surface area contributed by atoms with Gasteiger partial charge in [0.25, 0.3) is 0 Å². The lowest BCUT2D eigenvalue weighted by Crippen LogP contribution is -2.41. The number of aromatic nitrogens is 1. The van der Waals surface area contributed by atoms with Crippen LogP contribution in [0.3, 0.4) is 0 Å². The molecule has 0 spiro atoms. The first-order chi connectivity index (χ1) is 10.2. The van der Waals surface area contributed by atoms with Crippen LogP contribution in [0.2, 0.25) is 0 Å². The predicted molar refractivity (Wildman–Crippen MR) is 82.4 cm³/mol. The molecule has 1 aliphatic rings. The molecule has 1 aromatic carbocycles. The Hall–Kier alpha value is -1.66. The standard InChI is InChI=1S/C16H19BFNO3/c1-10-13(17-21-15(2,3)16(4,5)22-17)14(19-20-10)11-6-8-12(18)9-7-11/h6-9H,1-5H3. The minimum absolute atomic E-state index is 0.291. The molecule has 0 unspecified atom stereocenters. The molecule has 116 valence electrons. The Morgan fingerprint density at radius 2 is 1.55 bits per heavy atom. The lowest BCUT2D eigenvalue weighted by atomic mass is 9.76. The molecule has 22 heavy (non-hydrogen) atoms. The quantitative estimate of drug-likeness (QED) is 0.800. The van der Waals surface area contributed by atoms with Crippen LogP contribution in [0.5, 0.6) is 0 Å². The molecular weight excluding hydrogens is 284 g/mol. The van der Waals surface area contributed by atoms with Crippen LogP contribution in [0.15, 0.2) is 28.8 Å². The van der Waals surface area contributed by atoms with Crippen molar-refractivity contribution in [2.45, 2.75) is 45.8 Å². The van der Waals surface area contributed by atoms with E-state index in [1.807, 2.05) is 34.6 Å². The van der Waals surface area contributed by atoms with Crippen LogP contribution >= 0.6 is 0 Å². The number of hydrogen-bond donors (Lipinski definition) is 0. The summed E-state index contributed by atoms with van der Waals surface area (Å²) in [4.78, 5) is 0. The van der Waals surface area contributed by atoms with Crippen molar-refractivity contribution in [1.29, 1.82) is 0 Å². The highest BCUT2D eigenvalue weighted by Crippen LogP contribution is 2.37. The molecule has 0 bridgehead atoms. The third-order valence-corrected chi connectivity index (χ3v) is 4.51. The van der Waals surface area contributed by atoms with Crippen molar-refractivity contribution in [2.75, 3.05) is 0 Å². The molecule has 1 aliphatic heterocycles. The molecule has 0 saturated carbocycles. The second-order valence-corrected chi connectivity index (χ2v) is 6.60. The number of hydrogen-bond acceptors (Lipinski definition) is 4. The Bertz CT molecular complexity index is 678. The molecule has 1 saturated heterocycles. The van der Waals surface area contributed by atoms with Crippen molar-refractivity contribution >= 4 is 12.6 Å². The molecule has 1 aromatic heterocycles. The van der Waals surface area contributed by atoms with Gasteiger partial charge in [-0.3, -0.25) is 0 Å². The van der Waals surface area contributed by atoms with E-state index in [4.69, 9.17) is 13.8 Å². The zero-order chi connectivity index (χ0) is 16.1. The summed E-state index contributed by atoms with van der Waals surface area (Å²) in [6, 6.07) is 6.13. The van der Waals surface area contributed by atoms with Crippen molar-refractivity contribution in [3.05, 3.63) is 35.8 Å². The topological polar surface area (TPSA) is 44.5 Å². The first-order valence-electron chi connectivity index (χ1n) is 7.29. The van der Waals surface area contributed by atoms with Crippen LogP contribution in [-0.2, 0) is 9.31 Å². The summed E-state index contributed by atoms with van der Waals surface area (Å²) in [6.45, 7) is 9.79. The number of benzene rings is 1. The van der Waals surface area contributed by atoms with Gasteiger partial charge >= 0.3 is 7.12 Å². The molecular formula is C16H19BFNO3. The Morgan fingerprint density at radius 3 is 2.09 bits per heavy atom. The molecule has 4 nitrogen and oxygen atoms in total. The monoisotopic (exact) mass is 303 g/mol. The maximum Gasteiger partial charge on any atom is 0.500 e. The lowest BCUT2D eigenvalue weighted by Gasteiger charge is -2.32. The molecule has 0 aliphatic carbocycles. The average molecular weight is 303 g/mol. The summed E-state index contributed by atoms with van der Waals surface area (Å²) < 4.78 is 30.6. The van der Waals surface area contributed by atoms with Gasteiger partial charge in [0, 0.05) is 5.56 Å². The van der Waals surface area contributed by atoms with Crippen LogP contribution < -0.4 is 5.46 Å². The third-order valence-electron chi connectivity index (χ3n) is 4.51. The van der Waals surface area contributed by atoms with Gasteiger partial charge in [-0.1, -0.05) is 5.16 Å². The minimum atomic E-state index is -0.559. The normalized spacial score (nSPS) is 19.6. The van der Waals surface area contributed by atoms with Gasteiger partial charge in [0.05, 0.1) is 16.7 Å². The second-order valence-electron chi connectivity index (χ2n) is 6.60. The Kier molecular flexibility index (Phi) is 3.42. The molecule has 6 heteroatoms. The molecule has 0 amide bonds. The van der Waals surface area contributed by atoms with Gasteiger partial charge in [-0.2, -0.15) is 0 Å². The summed E-state index contributed by atoms with van der Waals surface area (Å²) in [5.41, 5.74) is 1.26. The van der Waals surface area contributed by atoms with Crippen LogP contribution in [0.4, 0.5) is 4.39 Å². The predicted octanol–water partition coefficient (Wildman–Crippen LogP) is 3.09. The van der Waals surface area contributed by atoms with E-state index < -0.39 is 18.3 Å². The first-order valence-corrected chi connectivity index (χ1v) is 7.29. The van der Waals surface area contributed by atoms with Gasteiger partial charge in [0.15, 0.2) is 0 Å². The highest BCUT2D eigenvalue weighted by atomic mass is 19.1. The zero-order valence-electron chi connectivity index (χ0n) is 13.4. The van der Waals surface area contributed by atoms with Crippen LogP contribution in [-0.4, -0.2) is 23.5 Å². The highest BCUT2D eigenvalue weighted by Gasteiger charge is 2.53. The van der Waals surface area contributed by atoms with E-state index in [1.54, 1.807) is 12.1 Å². The molecule has 2 heterocycles. The minimum Gasteiger partial charge on any atom is -0.399 e. The van der Waals surface area contributed by atoms with Crippen molar-refractivity contribution in [3.63, 3.8) is 0 Å². The van der Waals surface area contributed by atoms with Crippen LogP contribution in [0.1, 0.15) is 33.5 Å². The van der Waals surface area contributed by atoms with Crippen molar-refractivity contribution < 1.29 is 18.2 Å². The van der Waals surface area contributed by atoms with Gasteiger partial charge in [-0.25, -0.2) is 4.39 Å². The van der Waals surface area contributed by atoms with E-state index in [0.717, 1.165) is 11.0 Å². The fraction of sp³-hybridized carbons (Fsp3) is 0.438. The van der Waals surface area contributed by atoms with E-state index >= 15 is 0 Å². The van der Waals surface area contributed by atoms with Gasteiger partial charge in [0.1, 0.15) is 17.3 Å². The van der Waals surface area contributed by atoms with E-state index in [2.05, 4.69) is 5.16 Å².